The van der Waals surface area contributed by atoms with Gasteiger partial charge in [0.1, 0.15) is 6.17 Å². The van der Waals surface area contributed by atoms with Gasteiger partial charge in [0.2, 0.25) is 0 Å². The van der Waals surface area contributed by atoms with E-state index in [2.05, 4.69) is 38.9 Å². The molecule has 1 saturated carbocycles. The molecule has 2 fully saturated rings. The maximum absolute atomic E-state index is 6.12. The summed E-state index contributed by atoms with van der Waals surface area (Å²) in [6.45, 7) is 3.02. The van der Waals surface area contributed by atoms with Crippen LogP contribution in [0.4, 0.5) is 0 Å². The van der Waals surface area contributed by atoms with Gasteiger partial charge in [-0.2, -0.15) is 0 Å². The Kier molecular flexibility index (Phi) is 5.35. The van der Waals surface area contributed by atoms with Crippen molar-refractivity contribution < 1.29 is 9.47 Å². The fourth-order valence-corrected chi connectivity index (χ4v) is 3.82. The molecule has 2 atom stereocenters. The summed E-state index contributed by atoms with van der Waals surface area (Å²) < 4.78 is 12.9. The summed E-state index contributed by atoms with van der Waals surface area (Å²) in [5, 5.41) is 0. The lowest BCUT2D eigenvalue weighted by molar-refractivity contribution is -0.194. The second kappa shape index (κ2) is 7.25. The Hall–Kier alpha value is -0.390. The Labute approximate surface area is 135 Å². The first-order valence-corrected chi connectivity index (χ1v) is 8.96. The summed E-state index contributed by atoms with van der Waals surface area (Å²) in [5.74, 6) is 0. The summed E-state index contributed by atoms with van der Waals surface area (Å²) in [4.78, 5) is 6.90. The molecule has 21 heavy (non-hydrogen) atoms. The highest BCUT2D eigenvalue weighted by Gasteiger charge is 2.30. The van der Waals surface area contributed by atoms with Crippen LogP contribution in [0.25, 0.3) is 0 Å². The standard InChI is InChI=1S/C16H25BrN2O2/c1-12-18-10-13(17)11-19(12)14-5-7-15(8-6-14)21-16-4-2-3-9-20-16/h10-12,14-16H,2-9H2,1H3/t12?,14-,15-,16?. The van der Waals surface area contributed by atoms with E-state index in [9.17, 15) is 0 Å². The van der Waals surface area contributed by atoms with Crippen LogP contribution in [-0.4, -0.2) is 42.3 Å². The Balaban J connectivity index is 1.47. The normalized spacial score (nSPS) is 37.4. The fourth-order valence-electron chi connectivity index (χ4n) is 3.46. The Morgan fingerprint density at radius 2 is 2.05 bits per heavy atom. The smallest absolute Gasteiger partial charge is 0.157 e. The third-order valence-electron chi connectivity index (χ3n) is 4.66. The van der Waals surface area contributed by atoms with Gasteiger partial charge in [0.05, 0.1) is 10.6 Å². The summed E-state index contributed by atoms with van der Waals surface area (Å²) in [7, 11) is 0. The molecule has 0 radical (unpaired) electrons. The molecule has 2 unspecified atom stereocenters. The Morgan fingerprint density at radius 3 is 2.76 bits per heavy atom. The molecule has 1 saturated heterocycles. The van der Waals surface area contributed by atoms with Gasteiger partial charge in [0.15, 0.2) is 6.29 Å². The summed E-state index contributed by atoms with van der Waals surface area (Å²) in [6, 6.07) is 0.581. The van der Waals surface area contributed by atoms with Gasteiger partial charge in [-0.15, -0.1) is 0 Å². The van der Waals surface area contributed by atoms with E-state index in [1.54, 1.807) is 0 Å². The van der Waals surface area contributed by atoms with Crippen molar-refractivity contribution in [1.82, 2.24) is 4.90 Å². The molecule has 118 valence electrons. The average Bonchev–Trinajstić information content (AvgIpc) is 2.52. The molecule has 0 aromatic rings. The van der Waals surface area contributed by atoms with Crippen LogP contribution in [0.2, 0.25) is 0 Å². The van der Waals surface area contributed by atoms with Crippen LogP contribution in [0.3, 0.4) is 0 Å². The maximum atomic E-state index is 6.12. The van der Waals surface area contributed by atoms with E-state index < -0.39 is 0 Å². The minimum absolute atomic E-state index is 0.0489. The number of allylic oxidation sites excluding steroid dienone is 1. The van der Waals surface area contributed by atoms with Crippen LogP contribution >= 0.6 is 15.9 Å². The van der Waals surface area contributed by atoms with E-state index in [-0.39, 0.29) is 12.5 Å². The molecule has 1 aliphatic carbocycles. The van der Waals surface area contributed by atoms with Gasteiger partial charge in [-0.05, 0) is 67.8 Å². The number of hydrogen-bond acceptors (Lipinski definition) is 4. The minimum Gasteiger partial charge on any atom is -0.353 e. The number of ether oxygens (including phenoxy) is 2. The maximum Gasteiger partial charge on any atom is 0.157 e. The van der Waals surface area contributed by atoms with Crippen LogP contribution in [0, 0.1) is 0 Å². The lowest BCUT2D eigenvalue weighted by atomic mass is 9.91. The molecule has 0 amide bonds. The molecule has 4 nitrogen and oxygen atoms in total. The number of rotatable bonds is 3. The molecule has 3 rings (SSSR count). The summed E-state index contributed by atoms with van der Waals surface area (Å²) in [6.07, 6.45) is 12.8. The number of hydrogen-bond donors (Lipinski definition) is 0. The van der Waals surface area contributed by atoms with Crippen LogP contribution in [0.5, 0.6) is 0 Å². The summed E-state index contributed by atoms with van der Waals surface area (Å²) >= 11 is 3.53. The molecular weight excluding hydrogens is 332 g/mol. The van der Waals surface area contributed by atoms with E-state index >= 15 is 0 Å². The molecule has 5 heteroatoms. The average molecular weight is 357 g/mol. The molecule has 2 aliphatic heterocycles. The van der Waals surface area contributed by atoms with Gasteiger partial charge in [-0.3, -0.25) is 4.99 Å². The van der Waals surface area contributed by atoms with Gasteiger partial charge in [0.25, 0.3) is 0 Å². The second-order valence-corrected chi connectivity index (χ2v) is 7.15. The van der Waals surface area contributed by atoms with Gasteiger partial charge in [0, 0.05) is 25.1 Å². The van der Waals surface area contributed by atoms with Crippen molar-refractivity contribution >= 4 is 22.1 Å². The molecular formula is C16H25BrN2O2. The fraction of sp³-hybridized carbons (Fsp3) is 0.812. The molecule has 0 N–H and O–H groups in total. The molecule has 0 aromatic heterocycles. The van der Waals surface area contributed by atoms with Crippen LogP contribution in [0.1, 0.15) is 51.9 Å². The van der Waals surface area contributed by atoms with Crippen molar-refractivity contribution in [3.63, 3.8) is 0 Å². The monoisotopic (exact) mass is 356 g/mol. The highest BCUT2D eigenvalue weighted by molar-refractivity contribution is 9.12. The molecule has 0 bridgehead atoms. The third-order valence-corrected chi connectivity index (χ3v) is 5.07. The van der Waals surface area contributed by atoms with E-state index in [1.807, 2.05) is 6.21 Å². The van der Waals surface area contributed by atoms with Crippen molar-refractivity contribution in [2.45, 2.75) is 76.5 Å². The second-order valence-electron chi connectivity index (χ2n) is 6.23. The van der Waals surface area contributed by atoms with Crippen LogP contribution in [0.15, 0.2) is 15.7 Å². The number of aliphatic imine (C=N–C) groups is 1. The van der Waals surface area contributed by atoms with Gasteiger partial charge in [-0.1, -0.05) is 0 Å². The van der Waals surface area contributed by atoms with Gasteiger partial charge >= 0.3 is 0 Å². The van der Waals surface area contributed by atoms with E-state index in [1.165, 1.54) is 25.7 Å². The van der Waals surface area contributed by atoms with Gasteiger partial charge in [-0.25, -0.2) is 0 Å². The van der Waals surface area contributed by atoms with Crippen LogP contribution in [-0.2, 0) is 9.47 Å². The van der Waals surface area contributed by atoms with Crippen molar-refractivity contribution in [2.24, 2.45) is 4.99 Å². The highest BCUT2D eigenvalue weighted by Crippen LogP contribution is 2.30. The SMILES string of the molecule is CC1N=CC(Br)=CN1[C@H]1CC[C@H](OC2CCCCO2)CC1. The summed E-state index contributed by atoms with van der Waals surface area (Å²) in [5.41, 5.74) is 0. The molecule has 0 spiro atoms. The lowest BCUT2D eigenvalue weighted by Crippen LogP contribution is -2.42. The molecule has 3 aliphatic rings. The molecule has 0 aromatic carbocycles. The zero-order chi connectivity index (χ0) is 14.7. The predicted molar refractivity (Wildman–Crippen MR) is 87.5 cm³/mol. The van der Waals surface area contributed by atoms with E-state index in [0.29, 0.717) is 12.1 Å². The van der Waals surface area contributed by atoms with Crippen molar-refractivity contribution in [1.29, 1.82) is 0 Å². The zero-order valence-corrected chi connectivity index (χ0v) is 14.3. The van der Waals surface area contributed by atoms with Gasteiger partial charge < -0.3 is 14.4 Å². The topological polar surface area (TPSA) is 34.1 Å². The minimum atomic E-state index is 0.0489. The Morgan fingerprint density at radius 1 is 1.24 bits per heavy atom. The highest BCUT2D eigenvalue weighted by atomic mass is 79.9. The lowest BCUT2D eigenvalue weighted by Gasteiger charge is -2.40. The largest absolute Gasteiger partial charge is 0.353 e. The van der Waals surface area contributed by atoms with Crippen LogP contribution < -0.4 is 0 Å². The van der Waals surface area contributed by atoms with Crippen molar-refractivity contribution in [3.05, 3.63) is 10.7 Å². The number of nitrogens with zero attached hydrogens (tertiary/aromatic N) is 2. The van der Waals surface area contributed by atoms with Crippen molar-refractivity contribution in [2.75, 3.05) is 6.61 Å². The Bertz CT molecular complexity index is 399. The van der Waals surface area contributed by atoms with E-state index in [4.69, 9.17) is 9.47 Å². The first-order valence-electron chi connectivity index (χ1n) is 8.17. The zero-order valence-electron chi connectivity index (χ0n) is 12.7. The van der Waals surface area contributed by atoms with E-state index in [0.717, 1.165) is 30.4 Å². The van der Waals surface area contributed by atoms with Crippen molar-refractivity contribution in [3.8, 4) is 0 Å². The molecule has 2 heterocycles. The number of halogens is 1. The first-order chi connectivity index (χ1) is 10.2. The first kappa shape index (κ1) is 15.5. The third kappa shape index (κ3) is 4.08. The quantitative estimate of drug-likeness (QED) is 0.770. The predicted octanol–water partition coefficient (Wildman–Crippen LogP) is 3.81.